The summed E-state index contributed by atoms with van der Waals surface area (Å²) >= 11 is 6.06. The van der Waals surface area contributed by atoms with Gasteiger partial charge in [-0.3, -0.25) is 4.79 Å². The van der Waals surface area contributed by atoms with Gasteiger partial charge < -0.3 is 9.73 Å². The Hall–Kier alpha value is -2.66. The largest absolute Gasteiger partial charge is 0.423 e. The molecule has 0 saturated carbocycles. The van der Waals surface area contributed by atoms with Crippen LogP contribution >= 0.6 is 11.6 Å². The van der Waals surface area contributed by atoms with Gasteiger partial charge in [0.15, 0.2) is 0 Å². The van der Waals surface area contributed by atoms with Gasteiger partial charge in [0.05, 0.1) is 0 Å². The predicted octanol–water partition coefficient (Wildman–Crippen LogP) is 3.32. The smallest absolute Gasteiger partial charge is 0.251 e. The molecule has 1 aromatic heterocycles. The molecular weight excluding hydrogens is 302 g/mol. The van der Waals surface area contributed by atoms with Gasteiger partial charge in [0.1, 0.15) is 0 Å². The van der Waals surface area contributed by atoms with Crippen molar-refractivity contribution in [3.63, 3.8) is 0 Å². The van der Waals surface area contributed by atoms with Gasteiger partial charge in [-0.2, -0.15) is 0 Å². The zero-order chi connectivity index (χ0) is 15.4. The summed E-state index contributed by atoms with van der Waals surface area (Å²) in [6, 6.07) is 14.3. The van der Waals surface area contributed by atoms with E-state index in [-0.39, 0.29) is 5.91 Å². The molecule has 1 N–H and O–H groups in total. The van der Waals surface area contributed by atoms with Crippen LogP contribution in [-0.2, 0) is 6.54 Å². The fourth-order valence-electron chi connectivity index (χ4n) is 1.98. The molecule has 3 rings (SSSR count). The van der Waals surface area contributed by atoms with Crippen molar-refractivity contribution in [2.75, 3.05) is 0 Å². The summed E-state index contributed by atoms with van der Waals surface area (Å²) in [7, 11) is 0. The maximum Gasteiger partial charge on any atom is 0.251 e. The lowest BCUT2D eigenvalue weighted by Gasteiger charge is -2.07. The Morgan fingerprint density at radius 1 is 1.14 bits per heavy atom. The first-order valence-electron chi connectivity index (χ1n) is 6.62. The third-order valence-corrected chi connectivity index (χ3v) is 3.52. The second kappa shape index (κ2) is 6.41. The van der Waals surface area contributed by atoms with Gasteiger partial charge in [-0.1, -0.05) is 29.8 Å². The molecule has 0 aliphatic heterocycles. The van der Waals surface area contributed by atoms with Crippen molar-refractivity contribution in [3.05, 3.63) is 71.1 Å². The molecule has 2 aromatic carbocycles. The Bertz CT molecular complexity index is 770. The van der Waals surface area contributed by atoms with Crippen LogP contribution in [0.5, 0.6) is 0 Å². The van der Waals surface area contributed by atoms with Crippen LogP contribution in [0.15, 0.2) is 59.3 Å². The maximum atomic E-state index is 12.1. The van der Waals surface area contributed by atoms with Crippen molar-refractivity contribution in [2.24, 2.45) is 0 Å². The average Bonchev–Trinajstić information content (AvgIpc) is 3.08. The van der Waals surface area contributed by atoms with Crippen LogP contribution in [-0.4, -0.2) is 16.1 Å². The van der Waals surface area contributed by atoms with Crippen molar-refractivity contribution < 1.29 is 9.21 Å². The van der Waals surface area contributed by atoms with Gasteiger partial charge in [0, 0.05) is 22.7 Å². The van der Waals surface area contributed by atoms with Crippen LogP contribution in [0.25, 0.3) is 11.5 Å². The Labute approximate surface area is 131 Å². The maximum absolute atomic E-state index is 12.1. The predicted molar refractivity (Wildman–Crippen MR) is 82.4 cm³/mol. The molecule has 0 atom stereocenters. The summed E-state index contributed by atoms with van der Waals surface area (Å²) < 4.78 is 5.10. The van der Waals surface area contributed by atoms with Crippen LogP contribution in [0, 0.1) is 0 Å². The van der Waals surface area contributed by atoms with E-state index < -0.39 is 0 Å². The minimum absolute atomic E-state index is 0.169. The molecule has 0 aliphatic rings. The molecule has 0 aliphatic carbocycles. The summed E-state index contributed by atoms with van der Waals surface area (Å²) in [4.78, 5) is 12.1. The van der Waals surface area contributed by atoms with Crippen LogP contribution in [0.2, 0.25) is 5.02 Å². The second-order valence-electron chi connectivity index (χ2n) is 4.60. The quantitative estimate of drug-likeness (QED) is 0.802. The lowest BCUT2D eigenvalue weighted by Crippen LogP contribution is -2.22. The van der Waals surface area contributed by atoms with E-state index in [9.17, 15) is 4.79 Å². The van der Waals surface area contributed by atoms with E-state index in [4.69, 9.17) is 16.0 Å². The van der Waals surface area contributed by atoms with Crippen molar-refractivity contribution in [2.45, 2.75) is 6.54 Å². The summed E-state index contributed by atoms with van der Waals surface area (Å²) in [6.45, 7) is 0.379. The lowest BCUT2D eigenvalue weighted by molar-refractivity contribution is 0.0951. The van der Waals surface area contributed by atoms with E-state index >= 15 is 0 Å². The van der Waals surface area contributed by atoms with Gasteiger partial charge >= 0.3 is 0 Å². The first-order chi connectivity index (χ1) is 10.7. The molecule has 0 unspecified atom stereocenters. The summed E-state index contributed by atoms with van der Waals surface area (Å²) in [6.07, 6.45) is 1.26. The number of rotatable bonds is 4. The number of nitrogens with zero attached hydrogens (tertiary/aromatic N) is 2. The molecule has 0 radical (unpaired) electrons. The van der Waals surface area contributed by atoms with Crippen molar-refractivity contribution in [3.8, 4) is 11.5 Å². The number of carbonyl (C=O) groups excluding carboxylic acids is 1. The van der Waals surface area contributed by atoms with E-state index in [0.717, 1.165) is 11.1 Å². The summed E-state index contributed by atoms with van der Waals surface area (Å²) in [5.74, 6) is 0.250. The molecular formula is C16H12ClN3O2. The molecule has 0 bridgehead atoms. The van der Waals surface area contributed by atoms with Crippen LogP contribution in [0.1, 0.15) is 15.9 Å². The third-order valence-electron chi connectivity index (χ3n) is 3.15. The Morgan fingerprint density at radius 2 is 1.91 bits per heavy atom. The topological polar surface area (TPSA) is 68.0 Å². The lowest BCUT2D eigenvalue weighted by atomic mass is 10.1. The van der Waals surface area contributed by atoms with Crippen molar-refractivity contribution in [1.29, 1.82) is 0 Å². The molecule has 1 heterocycles. The summed E-state index contributed by atoms with van der Waals surface area (Å²) in [5, 5.41) is 10.9. The standard InChI is InChI=1S/C16H12ClN3O2/c17-14-4-2-1-3-13(14)9-18-15(21)11-5-7-12(8-6-11)16-20-19-10-22-16/h1-8,10H,9H2,(H,18,21). The molecule has 110 valence electrons. The first-order valence-corrected chi connectivity index (χ1v) is 7.00. The highest BCUT2D eigenvalue weighted by Gasteiger charge is 2.08. The number of nitrogens with one attached hydrogen (secondary N) is 1. The van der Waals surface area contributed by atoms with Crippen molar-refractivity contribution in [1.82, 2.24) is 15.5 Å². The van der Waals surface area contributed by atoms with Crippen LogP contribution < -0.4 is 5.32 Å². The number of carbonyl (C=O) groups is 1. The minimum atomic E-state index is -0.169. The Morgan fingerprint density at radius 3 is 2.59 bits per heavy atom. The summed E-state index contributed by atoms with van der Waals surface area (Å²) in [5.41, 5.74) is 2.19. The highest BCUT2D eigenvalue weighted by Crippen LogP contribution is 2.17. The third kappa shape index (κ3) is 3.15. The van der Waals surface area contributed by atoms with Gasteiger partial charge in [-0.15, -0.1) is 10.2 Å². The Balaban J connectivity index is 1.67. The van der Waals surface area contributed by atoms with Crippen LogP contribution in [0.4, 0.5) is 0 Å². The van der Waals surface area contributed by atoms with Gasteiger partial charge in [0.2, 0.25) is 12.3 Å². The molecule has 1 amide bonds. The Kier molecular flexibility index (Phi) is 4.16. The normalized spacial score (nSPS) is 10.4. The molecule has 22 heavy (non-hydrogen) atoms. The van der Waals surface area contributed by atoms with E-state index in [1.165, 1.54) is 6.39 Å². The number of halogens is 1. The zero-order valence-corrected chi connectivity index (χ0v) is 12.2. The first kappa shape index (κ1) is 14.3. The second-order valence-corrected chi connectivity index (χ2v) is 5.00. The SMILES string of the molecule is O=C(NCc1ccccc1Cl)c1ccc(-c2nnco2)cc1. The number of aromatic nitrogens is 2. The molecule has 5 nitrogen and oxygen atoms in total. The van der Waals surface area contributed by atoms with Crippen LogP contribution in [0.3, 0.4) is 0 Å². The molecule has 0 fully saturated rings. The zero-order valence-electron chi connectivity index (χ0n) is 11.5. The molecule has 0 saturated heterocycles. The fraction of sp³-hybridized carbons (Fsp3) is 0.0625. The molecule has 0 spiro atoms. The highest BCUT2D eigenvalue weighted by atomic mass is 35.5. The monoisotopic (exact) mass is 313 g/mol. The van der Waals surface area contributed by atoms with E-state index in [0.29, 0.717) is 23.0 Å². The van der Waals surface area contributed by atoms with E-state index in [2.05, 4.69) is 15.5 Å². The van der Waals surface area contributed by atoms with Gasteiger partial charge in [0.25, 0.3) is 5.91 Å². The van der Waals surface area contributed by atoms with Gasteiger partial charge in [-0.25, -0.2) is 0 Å². The molecule has 6 heteroatoms. The highest BCUT2D eigenvalue weighted by molar-refractivity contribution is 6.31. The number of amides is 1. The van der Waals surface area contributed by atoms with E-state index in [1.807, 2.05) is 18.2 Å². The number of benzene rings is 2. The van der Waals surface area contributed by atoms with E-state index in [1.54, 1.807) is 30.3 Å². The van der Waals surface area contributed by atoms with Crippen molar-refractivity contribution >= 4 is 17.5 Å². The fourth-order valence-corrected chi connectivity index (χ4v) is 2.18. The van der Waals surface area contributed by atoms with Gasteiger partial charge in [-0.05, 0) is 35.9 Å². The average molecular weight is 314 g/mol. The molecule has 3 aromatic rings. The minimum Gasteiger partial charge on any atom is -0.423 e. The number of hydrogen-bond acceptors (Lipinski definition) is 4. The number of hydrogen-bond donors (Lipinski definition) is 1.